The summed E-state index contributed by atoms with van der Waals surface area (Å²) in [7, 11) is 4.07. The Kier molecular flexibility index (Phi) is 5.80. The molecule has 0 unspecified atom stereocenters. The van der Waals surface area contributed by atoms with E-state index in [1.807, 2.05) is 31.6 Å². The van der Waals surface area contributed by atoms with Crippen molar-refractivity contribution in [2.75, 3.05) is 14.1 Å². The van der Waals surface area contributed by atoms with Gasteiger partial charge in [0.1, 0.15) is 4.83 Å². The van der Waals surface area contributed by atoms with Gasteiger partial charge in [-0.3, -0.25) is 14.2 Å². The van der Waals surface area contributed by atoms with Crippen molar-refractivity contribution in [3.8, 4) is 0 Å². The third kappa shape index (κ3) is 4.56. The van der Waals surface area contributed by atoms with E-state index in [1.165, 1.54) is 27.8 Å². The average molecular weight is 370 g/mol. The van der Waals surface area contributed by atoms with Crippen molar-refractivity contribution in [1.82, 2.24) is 19.8 Å². The largest absolute Gasteiger partial charge is 0.352 e. The number of benzene rings is 1. The fourth-order valence-electron chi connectivity index (χ4n) is 2.69. The fourth-order valence-corrected chi connectivity index (χ4v) is 3.41. The zero-order valence-electron chi connectivity index (χ0n) is 14.9. The van der Waals surface area contributed by atoms with Crippen LogP contribution in [0.2, 0.25) is 0 Å². The van der Waals surface area contributed by atoms with Crippen molar-refractivity contribution < 1.29 is 4.79 Å². The van der Waals surface area contributed by atoms with Crippen LogP contribution in [-0.4, -0.2) is 34.5 Å². The molecular formula is C19H22N4O2S. The molecule has 1 N–H and O–H groups in total. The van der Waals surface area contributed by atoms with Crippen LogP contribution in [0.3, 0.4) is 0 Å². The first kappa shape index (κ1) is 18.3. The van der Waals surface area contributed by atoms with Gasteiger partial charge < -0.3 is 10.2 Å². The Morgan fingerprint density at radius 2 is 1.92 bits per heavy atom. The molecule has 0 aliphatic heterocycles. The molecule has 3 aromatic rings. The molecule has 0 fully saturated rings. The van der Waals surface area contributed by atoms with Crippen LogP contribution in [0, 0.1) is 0 Å². The monoisotopic (exact) mass is 370 g/mol. The smallest absolute Gasteiger partial charge is 0.262 e. The van der Waals surface area contributed by atoms with Crippen molar-refractivity contribution in [2.45, 2.75) is 26.1 Å². The summed E-state index contributed by atoms with van der Waals surface area (Å²) in [5.74, 6) is -0.0836. The zero-order valence-corrected chi connectivity index (χ0v) is 15.8. The summed E-state index contributed by atoms with van der Waals surface area (Å²) in [6, 6.07) is 9.97. The van der Waals surface area contributed by atoms with Gasteiger partial charge in [-0.1, -0.05) is 24.3 Å². The van der Waals surface area contributed by atoms with Crippen LogP contribution in [0.1, 0.15) is 17.5 Å². The van der Waals surface area contributed by atoms with E-state index in [2.05, 4.69) is 27.3 Å². The summed E-state index contributed by atoms with van der Waals surface area (Å²) < 4.78 is 1.49. The molecule has 1 aromatic carbocycles. The van der Waals surface area contributed by atoms with Crippen LogP contribution in [-0.2, 0) is 24.4 Å². The van der Waals surface area contributed by atoms with E-state index in [9.17, 15) is 9.59 Å². The number of fused-ring (bicyclic) bond motifs is 1. The van der Waals surface area contributed by atoms with E-state index in [1.54, 1.807) is 6.07 Å². The zero-order chi connectivity index (χ0) is 18.5. The Labute approximate surface area is 156 Å². The minimum absolute atomic E-state index is 0.0836. The van der Waals surface area contributed by atoms with E-state index in [0.29, 0.717) is 18.5 Å². The molecule has 7 heteroatoms. The maximum atomic E-state index is 12.3. The SMILES string of the molecule is CN(C)Cc1ccc(CNC(=O)CCn2cnc3sccc3c2=O)cc1. The highest BCUT2D eigenvalue weighted by atomic mass is 32.1. The lowest BCUT2D eigenvalue weighted by atomic mass is 10.1. The highest BCUT2D eigenvalue weighted by Crippen LogP contribution is 2.13. The first-order chi connectivity index (χ1) is 12.5. The summed E-state index contributed by atoms with van der Waals surface area (Å²) in [5.41, 5.74) is 2.20. The van der Waals surface area contributed by atoms with E-state index in [-0.39, 0.29) is 17.9 Å². The molecule has 2 aromatic heterocycles. The number of thiophene rings is 1. The van der Waals surface area contributed by atoms with Gasteiger partial charge in [-0.25, -0.2) is 4.98 Å². The molecule has 6 nitrogen and oxygen atoms in total. The number of nitrogens with zero attached hydrogens (tertiary/aromatic N) is 3. The number of hydrogen-bond donors (Lipinski definition) is 1. The molecule has 1 amide bonds. The number of amides is 1. The normalized spacial score (nSPS) is 11.2. The summed E-state index contributed by atoms with van der Waals surface area (Å²) in [6.45, 7) is 1.70. The highest BCUT2D eigenvalue weighted by molar-refractivity contribution is 7.16. The van der Waals surface area contributed by atoms with Crippen molar-refractivity contribution >= 4 is 27.5 Å². The van der Waals surface area contributed by atoms with Crippen LogP contribution < -0.4 is 10.9 Å². The van der Waals surface area contributed by atoms with Gasteiger partial charge in [0.15, 0.2) is 0 Å². The topological polar surface area (TPSA) is 67.2 Å². The number of aromatic nitrogens is 2. The van der Waals surface area contributed by atoms with Crippen molar-refractivity contribution in [3.63, 3.8) is 0 Å². The Bertz CT molecular complexity index is 944. The molecule has 0 atom stereocenters. The standard InChI is InChI=1S/C19H22N4O2S/c1-22(2)12-15-5-3-14(4-6-15)11-20-17(24)7-9-23-13-21-18-16(19(23)25)8-10-26-18/h3-6,8,10,13H,7,9,11-12H2,1-2H3,(H,20,24). The molecule has 2 heterocycles. The van der Waals surface area contributed by atoms with Gasteiger partial charge in [-0.15, -0.1) is 11.3 Å². The van der Waals surface area contributed by atoms with Crippen molar-refractivity contribution in [2.24, 2.45) is 0 Å². The molecule has 0 radical (unpaired) electrons. The quantitative estimate of drug-likeness (QED) is 0.693. The Morgan fingerprint density at radius 3 is 2.65 bits per heavy atom. The van der Waals surface area contributed by atoms with Gasteiger partial charge in [0.25, 0.3) is 5.56 Å². The summed E-state index contributed by atoms with van der Waals surface area (Å²) in [5, 5.41) is 5.35. The molecule has 0 spiro atoms. The molecule has 0 saturated carbocycles. The molecule has 3 rings (SSSR count). The third-order valence-corrected chi connectivity index (χ3v) is 4.86. The van der Waals surface area contributed by atoms with E-state index >= 15 is 0 Å². The van der Waals surface area contributed by atoms with E-state index in [0.717, 1.165) is 16.9 Å². The second-order valence-electron chi connectivity index (χ2n) is 6.46. The second-order valence-corrected chi connectivity index (χ2v) is 7.36. The Hall–Kier alpha value is -2.51. The molecular weight excluding hydrogens is 348 g/mol. The third-order valence-electron chi connectivity index (χ3n) is 4.04. The molecule has 0 saturated heterocycles. The first-order valence-electron chi connectivity index (χ1n) is 8.45. The molecule has 0 bridgehead atoms. The molecule has 0 aliphatic rings. The minimum Gasteiger partial charge on any atom is -0.352 e. The van der Waals surface area contributed by atoms with Crippen LogP contribution >= 0.6 is 11.3 Å². The number of carbonyl (C=O) groups is 1. The number of aryl methyl sites for hydroxylation is 1. The molecule has 136 valence electrons. The lowest BCUT2D eigenvalue weighted by Gasteiger charge is -2.10. The van der Waals surface area contributed by atoms with Gasteiger partial charge in [0.05, 0.1) is 11.7 Å². The number of hydrogen-bond acceptors (Lipinski definition) is 5. The van der Waals surface area contributed by atoms with Crippen molar-refractivity contribution in [1.29, 1.82) is 0 Å². The number of rotatable bonds is 7. The maximum absolute atomic E-state index is 12.3. The van der Waals surface area contributed by atoms with E-state index < -0.39 is 0 Å². The first-order valence-corrected chi connectivity index (χ1v) is 9.33. The Balaban J connectivity index is 1.51. The van der Waals surface area contributed by atoms with Gasteiger partial charge in [-0.05, 0) is 36.7 Å². The van der Waals surface area contributed by atoms with Gasteiger partial charge in [0.2, 0.25) is 5.91 Å². The van der Waals surface area contributed by atoms with Crippen molar-refractivity contribution in [3.05, 3.63) is 63.5 Å². The summed E-state index contributed by atoms with van der Waals surface area (Å²) in [4.78, 5) is 31.5. The summed E-state index contributed by atoms with van der Waals surface area (Å²) in [6.07, 6.45) is 1.76. The average Bonchev–Trinajstić information content (AvgIpc) is 3.10. The summed E-state index contributed by atoms with van der Waals surface area (Å²) >= 11 is 1.44. The van der Waals surface area contributed by atoms with Gasteiger partial charge in [-0.2, -0.15) is 0 Å². The fraction of sp³-hybridized carbons (Fsp3) is 0.316. The predicted octanol–water partition coefficient (Wildman–Crippen LogP) is 2.23. The minimum atomic E-state index is -0.0967. The van der Waals surface area contributed by atoms with Gasteiger partial charge in [0, 0.05) is 26.1 Å². The van der Waals surface area contributed by atoms with Gasteiger partial charge >= 0.3 is 0 Å². The molecule has 0 aliphatic carbocycles. The lowest BCUT2D eigenvalue weighted by Crippen LogP contribution is -2.27. The lowest BCUT2D eigenvalue weighted by molar-refractivity contribution is -0.121. The Morgan fingerprint density at radius 1 is 1.19 bits per heavy atom. The van der Waals surface area contributed by atoms with Crippen LogP contribution in [0.5, 0.6) is 0 Å². The maximum Gasteiger partial charge on any atom is 0.262 e. The van der Waals surface area contributed by atoms with Crippen LogP contribution in [0.4, 0.5) is 0 Å². The van der Waals surface area contributed by atoms with Crippen LogP contribution in [0.25, 0.3) is 10.2 Å². The van der Waals surface area contributed by atoms with E-state index in [4.69, 9.17) is 0 Å². The highest BCUT2D eigenvalue weighted by Gasteiger charge is 2.07. The molecule has 26 heavy (non-hydrogen) atoms. The predicted molar refractivity (Wildman–Crippen MR) is 104 cm³/mol. The number of carbonyl (C=O) groups excluding carboxylic acids is 1. The number of nitrogens with one attached hydrogen (secondary N) is 1. The second kappa shape index (κ2) is 8.25. The van der Waals surface area contributed by atoms with Crippen LogP contribution in [0.15, 0.2) is 46.8 Å².